The average Bonchev–Trinajstić information content (AvgIpc) is 2.17. The molecule has 0 saturated heterocycles. The van der Waals surface area contributed by atoms with Gasteiger partial charge in [-0.25, -0.2) is 8.42 Å². The molecule has 0 amide bonds. The van der Waals surface area contributed by atoms with Crippen LogP contribution in [0.2, 0.25) is 0 Å². The maximum absolute atomic E-state index is 11.7. The van der Waals surface area contributed by atoms with E-state index in [4.69, 9.17) is 4.74 Å². The van der Waals surface area contributed by atoms with E-state index >= 15 is 0 Å². The highest BCUT2D eigenvalue weighted by molar-refractivity contribution is 7.92. The number of esters is 1. The molecule has 0 N–H and O–H groups in total. The third-order valence-electron chi connectivity index (χ3n) is 3.06. The van der Waals surface area contributed by atoms with Gasteiger partial charge in [-0.3, -0.25) is 4.79 Å². The lowest BCUT2D eigenvalue weighted by molar-refractivity contribution is -0.143. The van der Waals surface area contributed by atoms with E-state index in [0.717, 1.165) is 38.4 Å². The largest absolute Gasteiger partial charge is 0.465 e. The van der Waals surface area contributed by atoms with Crippen LogP contribution in [0.25, 0.3) is 0 Å². The molecule has 0 radical (unpaired) electrons. The Morgan fingerprint density at radius 1 is 1.31 bits per heavy atom. The summed E-state index contributed by atoms with van der Waals surface area (Å²) in [7, 11) is -3.36. The molecule has 0 aromatic carbocycles. The Morgan fingerprint density at radius 2 is 1.88 bits per heavy atom. The molecule has 0 aromatic heterocycles. The van der Waals surface area contributed by atoms with Crippen molar-refractivity contribution in [2.45, 2.75) is 44.3 Å². The quantitative estimate of drug-likeness (QED) is 0.708. The average molecular weight is 248 g/mol. The normalized spacial score (nSPS) is 20.4. The lowest BCUT2D eigenvalue weighted by atomic mass is 9.87. The standard InChI is InChI=1S/C11H20O4S/c1-3-15-11(12)10(16(2,13)14)9-7-5-4-6-8-9/h9-10H,3-8H2,1-2H3/t10-/m1/s1. The lowest BCUT2D eigenvalue weighted by Gasteiger charge is -2.27. The minimum absolute atomic E-state index is 0.0530. The summed E-state index contributed by atoms with van der Waals surface area (Å²) in [5, 5.41) is -0.951. The van der Waals surface area contributed by atoms with Gasteiger partial charge in [0.05, 0.1) is 6.61 Å². The molecule has 0 bridgehead atoms. The molecule has 1 atom stereocenters. The van der Waals surface area contributed by atoms with Crippen LogP contribution in [-0.4, -0.2) is 32.5 Å². The molecule has 0 spiro atoms. The molecule has 0 aromatic rings. The summed E-state index contributed by atoms with van der Waals surface area (Å²) in [5.74, 6) is -0.625. The van der Waals surface area contributed by atoms with Crippen LogP contribution in [0, 0.1) is 5.92 Å². The van der Waals surface area contributed by atoms with Gasteiger partial charge in [-0.2, -0.15) is 0 Å². The molecule has 0 aliphatic heterocycles. The van der Waals surface area contributed by atoms with Crippen LogP contribution < -0.4 is 0 Å². The molecule has 4 nitrogen and oxygen atoms in total. The molecular weight excluding hydrogens is 228 g/mol. The molecule has 1 aliphatic rings. The van der Waals surface area contributed by atoms with Crippen molar-refractivity contribution in [2.75, 3.05) is 12.9 Å². The van der Waals surface area contributed by atoms with Crippen molar-refractivity contribution in [1.29, 1.82) is 0 Å². The van der Waals surface area contributed by atoms with E-state index in [1.165, 1.54) is 0 Å². The van der Waals surface area contributed by atoms with Gasteiger partial charge < -0.3 is 4.74 Å². The van der Waals surface area contributed by atoms with Crippen molar-refractivity contribution in [3.63, 3.8) is 0 Å². The summed E-state index contributed by atoms with van der Waals surface area (Å²) < 4.78 is 28.2. The Balaban J connectivity index is 2.82. The number of rotatable bonds is 4. The molecule has 0 unspecified atom stereocenters. The van der Waals surface area contributed by atoms with Crippen LogP contribution >= 0.6 is 0 Å². The third-order valence-corrected chi connectivity index (χ3v) is 4.56. The fourth-order valence-corrected chi connectivity index (χ4v) is 3.77. The minimum Gasteiger partial charge on any atom is -0.465 e. The SMILES string of the molecule is CCOC(=O)[C@@H](C1CCCCC1)S(C)(=O)=O. The zero-order chi connectivity index (χ0) is 12.2. The zero-order valence-corrected chi connectivity index (χ0v) is 10.8. The van der Waals surface area contributed by atoms with Crippen LogP contribution in [0.5, 0.6) is 0 Å². The summed E-state index contributed by atoms with van der Waals surface area (Å²) in [6, 6.07) is 0. The van der Waals surface area contributed by atoms with E-state index in [0.29, 0.717) is 0 Å². The fourth-order valence-electron chi connectivity index (χ4n) is 2.38. The Bertz CT molecular complexity index is 328. The second-order valence-electron chi connectivity index (χ2n) is 4.40. The highest BCUT2D eigenvalue weighted by atomic mass is 32.2. The van der Waals surface area contributed by atoms with Crippen molar-refractivity contribution in [3.8, 4) is 0 Å². The van der Waals surface area contributed by atoms with Crippen molar-refractivity contribution in [3.05, 3.63) is 0 Å². The molecule has 1 saturated carbocycles. The first-order valence-corrected chi connectivity index (χ1v) is 7.77. The van der Waals surface area contributed by atoms with E-state index in [1.807, 2.05) is 0 Å². The first-order valence-electron chi connectivity index (χ1n) is 5.82. The maximum atomic E-state index is 11.7. The van der Waals surface area contributed by atoms with Crippen molar-refractivity contribution < 1.29 is 17.9 Å². The predicted molar refractivity (Wildman–Crippen MR) is 61.8 cm³/mol. The molecule has 1 aliphatic carbocycles. The van der Waals surface area contributed by atoms with E-state index in [2.05, 4.69) is 0 Å². The van der Waals surface area contributed by atoms with Crippen LogP contribution in [0.15, 0.2) is 0 Å². The van der Waals surface area contributed by atoms with Gasteiger partial charge in [0.2, 0.25) is 0 Å². The van der Waals surface area contributed by atoms with Crippen molar-refractivity contribution in [1.82, 2.24) is 0 Å². The highest BCUT2D eigenvalue weighted by Crippen LogP contribution is 2.30. The van der Waals surface area contributed by atoms with Crippen LogP contribution in [0.1, 0.15) is 39.0 Å². The molecule has 5 heteroatoms. The number of ether oxygens (including phenoxy) is 1. The summed E-state index contributed by atoms with van der Waals surface area (Å²) >= 11 is 0. The number of hydrogen-bond donors (Lipinski definition) is 0. The number of carbonyl (C=O) groups excluding carboxylic acids is 1. The van der Waals surface area contributed by atoms with Crippen LogP contribution in [0.3, 0.4) is 0 Å². The zero-order valence-electron chi connectivity index (χ0n) is 9.94. The van der Waals surface area contributed by atoms with E-state index in [1.54, 1.807) is 6.92 Å². The molecule has 94 valence electrons. The number of sulfone groups is 1. The first-order chi connectivity index (χ1) is 7.46. The van der Waals surface area contributed by atoms with E-state index in [9.17, 15) is 13.2 Å². The Kier molecular flexibility index (Phi) is 4.77. The summed E-state index contributed by atoms with van der Waals surface area (Å²) in [6.45, 7) is 1.93. The van der Waals surface area contributed by atoms with Crippen LogP contribution in [-0.2, 0) is 19.4 Å². The van der Waals surface area contributed by atoms with Gasteiger partial charge in [-0.05, 0) is 25.7 Å². The first kappa shape index (κ1) is 13.5. The second-order valence-corrected chi connectivity index (χ2v) is 6.57. The number of carbonyl (C=O) groups is 1. The van der Waals surface area contributed by atoms with Gasteiger partial charge in [0.1, 0.15) is 0 Å². The molecule has 16 heavy (non-hydrogen) atoms. The monoisotopic (exact) mass is 248 g/mol. The summed E-state index contributed by atoms with van der Waals surface area (Å²) in [6.07, 6.45) is 5.91. The Labute approximate surface area is 97.3 Å². The molecular formula is C11H20O4S. The fraction of sp³-hybridized carbons (Fsp3) is 0.909. The number of hydrogen-bond acceptors (Lipinski definition) is 4. The molecule has 1 rings (SSSR count). The Morgan fingerprint density at radius 3 is 2.31 bits per heavy atom. The molecule has 0 heterocycles. The smallest absolute Gasteiger partial charge is 0.324 e. The van der Waals surface area contributed by atoms with E-state index < -0.39 is 21.1 Å². The summed E-state index contributed by atoms with van der Waals surface area (Å²) in [5.41, 5.74) is 0. The van der Waals surface area contributed by atoms with Crippen molar-refractivity contribution in [2.24, 2.45) is 5.92 Å². The summed E-state index contributed by atoms with van der Waals surface area (Å²) in [4.78, 5) is 11.7. The van der Waals surface area contributed by atoms with Gasteiger partial charge in [0.15, 0.2) is 15.1 Å². The third kappa shape index (κ3) is 3.47. The highest BCUT2D eigenvalue weighted by Gasteiger charge is 2.38. The topological polar surface area (TPSA) is 60.4 Å². The van der Waals surface area contributed by atoms with Gasteiger partial charge in [0, 0.05) is 6.26 Å². The van der Waals surface area contributed by atoms with Gasteiger partial charge in [0.25, 0.3) is 0 Å². The predicted octanol–water partition coefficient (Wildman–Crippen LogP) is 1.54. The van der Waals surface area contributed by atoms with Gasteiger partial charge in [-0.15, -0.1) is 0 Å². The van der Waals surface area contributed by atoms with Crippen molar-refractivity contribution >= 4 is 15.8 Å². The van der Waals surface area contributed by atoms with Gasteiger partial charge >= 0.3 is 5.97 Å². The Hall–Kier alpha value is -0.580. The van der Waals surface area contributed by atoms with E-state index in [-0.39, 0.29) is 12.5 Å². The second kappa shape index (κ2) is 5.66. The molecule has 1 fully saturated rings. The lowest BCUT2D eigenvalue weighted by Crippen LogP contribution is -2.39. The van der Waals surface area contributed by atoms with Crippen LogP contribution in [0.4, 0.5) is 0 Å². The minimum atomic E-state index is -3.36. The van der Waals surface area contributed by atoms with Gasteiger partial charge in [-0.1, -0.05) is 19.3 Å². The maximum Gasteiger partial charge on any atom is 0.324 e.